The van der Waals surface area contributed by atoms with Gasteiger partial charge in [-0.25, -0.2) is 21.1 Å². The highest BCUT2D eigenvalue weighted by molar-refractivity contribution is 7.91. The van der Waals surface area contributed by atoms with Gasteiger partial charge in [0.2, 0.25) is 26.7 Å². The van der Waals surface area contributed by atoms with Crippen molar-refractivity contribution in [1.82, 2.24) is 9.21 Å². The van der Waals surface area contributed by atoms with E-state index in [1.807, 2.05) is 0 Å². The Morgan fingerprint density at radius 2 is 1.47 bits per heavy atom. The van der Waals surface area contributed by atoms with Crippen LogP contribution in [0, 0.1) is 0 Å². The average Bonchev–Trinajstić information content (AvgIpc) is 3.38. The zero-order valence-corrected chi connectivity index (χ0v) is 22.0. The van der Waals surface area contributed by atoms with Crippen LogP contribution in [-0.4, -0.2) is 76.9 Å². The highest BCUT2D eigenvalue weighted by Crippen LogP contribution is 2.36. The van der Waals surface area contributed by atoms with E-state index >= 15 is 0 Å². The number of nitrogens with zero attached hydrogens (tertiary/aromatic N) is 2. The molecular formula is C25H32N2O7S2. The van der Waals surface area contributed by atoms with Crippen LogP contribution in [0.15, 0.2) is 52.3 Å². The van der Waals surface area contributed by atoms with Crippen LogP contribution >= 0.6 is 0 Å². The van der Waals surface area contributed by atoms with Crippen LogP contribution < -0.4 is 14.2 Å². The van der Waals surface area contributed by atoms with Crippen LogP contribution in [0.25, 0.3) is 0 Å². The Labute approximate surface area is 212 Å². The lowest BCUT2D eigenvalue weighted by atomic mass is 10.00. The van der Waals surface area contributed by atoms with Crippen molar-refractivity contribution in [3.63, 3.8) is 0 Å². The number of sulfone groups is 1. The SMILES string of the molecule is CCS(=O)(=O)N1CCC(N2CCC(Oc3ccc(S(=O)(=O)c4ccc5c(c4)OCO5)cc3)CC2)CC1. The number of likely N-dealkylation sites (tertiary alicyclic amines) is 1. The predicted molar refractivity (Wildman–Crippen MR) is 134 cm³/mol. The molecule has 2 fully saturated rings. The summed E-state index contributed by atoms with van der Waals surface area (Å²) in [5.74, 6) is 1.78. The Morgan fingerprint density at radius 1 is 0.833 bits per heavy atom. The topological polar surface area (TPSA) is 102 Å². The van der Waals surface area contributed by atoms with Crippen LogP contribution in [0.5, 0.6) is 17.2 Å². The van der Waals surface area contributed by atoms with Gasteiger partial charge in [0.15, 0.2) is 11.5 Å². The van der Waals surface area contributed by atoms with Gasteiger partial charge in [-0.2, -0.15) is 0 Å². The van der Waals surface area contributed by atoms with Crippen molar-refractivity contribution in [3.8, 4) is 17.2 Å². The predicted octanol–water partition coefficient (Wildman–Crippen LogP) is 2.91. The van der Waals surface area contributed by atoms with Gasteiger partial charge in [-0.05, 0) is 69.0 Å². The summed E-state index contributed by atoms with van der Waals surface area (Å²) in [5, 5.41) is 0. The molecule has 0 N–H and O–H groups in total. The summed E-state index contributed by atoms with van der Waals surface area (Å²) < 4.78 is 68.6. The summed E-state index contributed by atoms with van der Waals surface area (Å²) in [7, 11) is -6.79. The van der Waals surface area contributed by atoms with Gasteiger partial charge in [0.1, 0.15) is 11.9 Å². The smallest absolute Gasteiger partial charge is 0.231 e. The van der Waals surface area contributed by atoms with E-state index in [0.717, 1.165) is 38.8 Å². The summed E-state index contributed by atoms with van der Waals surface area (Å²) in [6, 6.07) is 11.6. The van der Waals surface area contributed by atoms with E-state index in [9.17, 15) is 16.8 Å². The van der Waals surface area contributed by atoms with Crippen molar-refractivity contribution in [1.29, 1.82) is 0 Å². The fourth-order valence-electron chi connectivity index (χ4n) is 5.10. The molecule has 2 aromatic rings. The Kier molecular flexibility index (Phi) is 7.17. The summed E-state index contributed by atoms with van der Waals surface area (Å²) in [4.78, 5) is 2.81. The van der Waals surface area contributed by atoms with Gasteiger partial charge in [-0.15, -0.1) is 0 Å². The zero-order chi connectivity index (χ0) is 25.3. The standard InChI is InChI=1S/C25H32N2O7S2/c1-2-35(28,29)27-15-9-19(10-16-27)26-13-11-21(12-14-26)34-20-3-5-22(6-4-20)36(30,31)23-7-8-24-25(17-23)33-18-32-24/h3-8,17,19,21H,2,9-16,18H2,1H3. The van der Waals surface area contributed by atoms with Crippen LogP contribution in [0.3, 0.4) is 0 Å². The van der Waals surface area contributed by atoms with Gasteiger partial charge in [0, 0.05) is 38.3 Å². The van der Waals surface area contributed by atoms with E-state index in [2.05, 4.69) is 4.90 Å². The minimum absolute atomic E-state index is 0.0677. The van der Waals surface area contributed by atoms with Gasteiger partial charge in [-0.3, -0.25) is 0 Å². The molecule has 0 spiro atoms. The second-order valence-corrected chi connectivity index (χ2v) is 13.6. The lowest BCUT2D eigenvalue weighted by Crippen LogP contribution is -2.50. The largest absolute Gasteiger partial charge is 0.490 e. The number of hydrogen-bond donors (Lipinski definition) is 0. The van der Waals surface area contributed by atoms with Crippen molar-refractivity contribution in [2.45, 2.75) is 54.5 Å². The Hall–Kier alpha value is -2.34. The van der Waals surface area contributed by atoms with Crippen molar-refractivity contribution >= 4 is 19.9 Å². The lowest BCUT2D eigenvalue weighted by Gasteiger charge is -2.41. The maximum Gasteiger partial charge on any atom is 0.231 e. The molecule has 2 aromatic carbocycles. The van der Waals surface area contributed by atoms with Crippen molar-refractivity contribution in [2.24, 2.45) is 0 Å². The van der Waals surface area contributed by atoms with E-state index in [1.54, 1.807) is 41.6 Å². The maximum atomic E-state index is 13.0. The molecule has 0 aromatic heterocycles. The lowest BCUT2D eigenvalue weighted by molar-refractivity contribution is 0.0585. The molecule has 11 heteroatoms. The minimum Gasteiger partial charge on any atom is -0.490 e. The molecule has 0 aliphatic carbocycles. The van der Waals surface area contributed by atoms with Crippen LogP contribution in [0.1, 0.15) is 32.6 Å². The third-order valence-electron chi connectivity index (χ3n) is 7.27. The Bertz CT molecular complexity index is 1280. The number of piperidine rings is 2. The fourth-order valence-corrected chi connectivity index (χ4v) is 7.50. The van der Waals surface area contributed by atoms with Gasteiger partial charge >= 0.3 is 0 Å². The third kappa shape index (κ3) is 5.20. The molecule has 0 bridgehead atoms. The highest BCUT2D eigenvalue weighted by Gasteiger charge is 2.32. The van der Waals surface area contributed by atoms with Gasteiger partial charge in [-0.1, -0.05) is 0 Å². The summed E-state index contributed by atoms with van der Waals surface area (Å²) in [6.07, 6.45) is 3.56. The summed E-state index contributed by atoms with van der Waals surface area (Å²) >= 11 is 0. The van der Waals surface area contributed by atoms with Crippen LogP contribution in [0.2, 0.25) is 0 Å². The number of hydrogen-bond acceptors (Lipinski definition) is 8. The quantitative estimate of drug-likeness (QED) is 0.532. The molecule has 0 saturated carbocycles. The van der Waals surface area contributed by atoms with Crippen LogP contribution in [0.4, 0.5) is 0 Å². The molecular weight excluding hydrogens is 504 g/mol. The Balaban J connectivity index is 1.13. The number of fused-ring (bicyclic) bond motifs is 1. The molecule has 3 heterocycles. The van der Waals surface area contributed by atoms with Crippen LogP contribution in [-0.2, 0) is 19.9 Å². The van der Waals surface area contributed by atoms with E-state index in [-0.39, 0.29) is 28.4 Å². The van der Waals surface area contributed by atoms with Crippen molar-refractivity contribution < 1.29 is 31.0 Å². The molecule has 9 nitrogen and oxygen atoms in total. The molecule has 0 amide bonds. The molecule has 196 valence electrons. The molecule has 2 saturated heterocycles. The minimum atomic E-state index is -3.68. The van der Waals surface area contributed by atoms with E-state index < -0.39 is 19.9 Å². The second kappa shape index (κ2) is 10.2. The fraction of sp³-hybridized carbons (Fsp3) is 0.520. The molecule has 36 heavy (non-hydrogen) atoms. The summed E-state index contributed by atoms with van der Waals surface area (Å²) in [6.45, 7) is 4.79. The first kappa shape index (κ1) is 25.3. The monoisotopic (exact) mass is 536 g/mol. The summed E-state index contributed by atoms with van der Waals surface area (Å²) in [5.41, 5.74) is 0. The number of rotatable bonds is 7. The van der Waals surface area contributed by atoms with E-state index in [0.29, 0.717) is 36.4 Å². The average molecular weight is 537 g/mol. The maximum absolute atomic E-state index is 13.0. The van der Waals surface area contributed by atoms with Gasteiger partial charge in [0.25, 0.3) is 0 Å². The zero-order valence-electron chi connectivity index (χ0n) is 20.3. The normalized spacial score (nSPS) is 20.5. The third-order valence-corrected chi connectivity index (χ3v) is 10.9. The first-order valence-corrected chi connectivity index (χ1v) is 15.5. The molecule has 3 aliphatic heterocycles. The van der Waals surface area contributed by atoms with Crippen molar-refractivity contribution in [2.75, 3.05) is 38.7 Å². The Morgan fingerprint density at radius 3 is 2.14 bits per heavy atom. The highest BCUT2D eigenvalue weighted by atomic mass is 32.2. The van der Waals surface area contributed by atoms with Gasteiger partial charge in [0.05, 0.1) is 15.5 Å². The molecule has 0 radical (unpaired) electrons. The number of ether oxygens (including phenoxy) is 3. The first-order chi connectivity index (χ1) is 17.3. The van der Waals surface area contributed by atoms with E-state index in [1.165, 1.54) is 12.1 Å². The number of sulfonamides is 1. The molecule has 0 atom stereocenters. The second-order valence-electron chi connectivity index (χ2n) is 9.37. The molecule has 5 rings (SSSR count). The van der Waals surface area contributed by atoms with Crippen molar-refractivity contribution in [3.05, 3.63) is 42.5 Å². The van der Waals surface area contributed by atoms with E-state index in [4.69, 9.17) is 14.2 Å². The molecule has 0 unspecified atom stereocenters. The number of benzene rings is 2. The first-order valence-electron chi connectivity index (χ1n) is 12.4. The van der Waals surface area contributed by atoms with Gasteiger partial charge < -0.3 is 19.1 Å². The molecule has 3 aliphatic rings.